The Morgan fingerprint density at radius 3 is 2.62 bits per heavy atom. The van der Waals surface area contributed by atoms with E-state index in [4.69, 9.17) is 4.74 Å². The molecule has 0 aliphatic heterocycles. The van der Waals surface area contributed by atoms with Crippen LogP contribution in [0.4, 0.5) is 5.69 Å². The Bertz CT molecular complexity index is 1110. The van der Waals surface area contributed by atoms with Gasteiger partial charge in [0.05, 0.1) is 17.6 Å². The van der Waals surface area contributed by atoms with Gasteiger partial charge in [0.15, 0.2) is 0 Å². The predicted octanol–water partition coefficient (Wildman–Crippen LogP) is 2.80. The maximum atomic E-state index is 13.0. The molecule has 0 aliphatic rings. The number of rotatable bonds is 6. The van der Waals surface area contributed by atoms with E-state index < -0.39 is 17.9 Å². The fourth-order valence-corrected chi connectivity index (χ4v) is 3.03. The van der Waals surface area contributed by atoms with Crippen molar-refractivity contribution in [2.45, 2.75) is 26.8 Å². The second-order valence-electron chi connectivity index (χ2n) is 6.84. The zero-order valence-electron chi connectivity index (χ0n) is 16.5. The van der Waals surface area contributed by atoms with Crippen LogP contribution in [0.3, 0.4) is 0 Å². The number of esters is 1. The Kier molecular flexibility index (Phi) is 6.01. The van der Waals surface area contributed by atoms with E-state index in [2.05, 4.69) is 15.6 Å². The van der Waals surface area contributed by atoms with Gasteiger partial charge in [0.1, 0.15) is 11.6 Å². The number of hydrogen-bond donors (Lipinski definition) is 1. The molecule has 1 amide bonds. The van der Waals surface area contributed by atoms with E-state index >= 15 is 0 Å². The Balaban J connectivity index is 1.92. The number of hydrogen-bond acceptors (Lipinski definition) is 6. The van der Waals surface area contributed by atoms with Crippen molar-refractivity contribution >= 4 is 28.5 Å². The Morgan fingerprint density at radius 1 is 1.14 bits per heavy atom. The maximum absolute atomic E-state index is 13.0. The number of ether oxygens (including phenoxy) is 1. The van der Waals surface area contributed by atoms with Crippen molar-refractivity contribution in [1.82, 2.24) is 15.0 Å². The van der Waals surface area contributed by atoms with Gasteiger partial charge < -0.3 is 10.1 Å². The van der Waals surface area contributed by atoms with E-state index in [1.807, 2.05) is 13.8 Å². The molecule has 0 bridgehead atoms. The van der Waals surface area contributed by atoms with Crippen molar-refractivity contribution in [3.63, 3.8) is 0 Å². The number of benzene rings is 2. The highest BCUT2D eigenvalue weighted by atomic mass is 16.5. The summed E-state index contributed by atoms with van der Waals surface area (Å²) in [6, 6.07) is 12.4. The van der Waals surface area contributed by atoms with Gasteiger partial charge in [0.25, 0.3) is 5.56 Å². The van der Waals surface area contributed by atoms with E-state index in [1.165, 1.54) is 6.07 Å². The van der Waals surface area contributed by atoms with Crippen LogP contribution in [0, 0.1) is 5.92 Å². The largest absolute Gasteiger partial charge is 0.462 e. The lowest BCUT2D eigenvalue weighted by atomic mass is 10.0. The molecule has 3 rings (SSSR count). The van der Waals surface area contributed by atoms with Crippen molar-refractivity contribution in [2.75, 3.05) is 11.9 Å². The summed E-state index contributed by atoms with van der Waals surface area (Å²) in [7, 11) is 0. The highest BCUT2D eigenvalue weighted by Crippen LogP contribution is 2.20. The molecule has 0 radical (unpaired) electrons. The number of nitrogens with zero attached hydrogens (tertiary/aromatic N) is 3. The lowest BCUT2D eigenvalue weighted by Crippen LogP contribution is -2.38. The van der Waals surface area contributed by atoms with Gasteiger partial charge in [-0.25, -0.2) is 4.79 Å². The number of fused-ring (bicyclic) bond motifs is 1. The molecule has 1 heterocycles. The summed E-state index contributed by atoms with van der Waals surface area (Å²) >= 11 is 0. The minimum absolute atomic E-state index is 0.226. The standard InChI is InChI=1S/C21H22N4O4/c1-4-29-21(28)14-8-7-9-15(12-14)22-19(26)18(13(2)3)25-20(27)16-10-5-6-11-17(16)23-24-25/h5-13,18H,4H2,1-3H3,(H,22,26). The predicted molar refractivity (Wildman–Crippen MR) is 109 cm³/mol. The number of amides is 1. The van der Waals surface area contributed by atoms with Crippen molar-refractivity contribution in [3.05, 3.63) is 64.4 Å². The van der Waals surface area contributed by atoms with Crippen LogP contribution in [0.15, 0.2) is 53.3 Å². The van der Waals surface area contributed by atoms with E-state index in [-0.39, 0.29) is 18.1 Å². The molecule has 29 heavy (non-hydrogen) atoms. The first-order chi connectivity index (χ1) is 13.9. The van der Waals surface area contributed by atoms with Gasteiger partial charge in [-0.2, -0.15) is 4.68 Å². The SMILES string of the molecule is CCOC(=O)c1cccc(NC(=O)C(C(C)C)n2nnc3ccccc3c2=O)c1. The van der Waals surface area contributed by atoms with E-state index in [0.29, 0.717) is 22.2 Å². The van der Waals surface area contributed by atoms with Crippen LogP contribution >= 0.6 is 0 Å². The van der Waals surface area contributed by atoms with Crippen LogP contribution in [0.1, 0.15) is 37.2 Å². The molecule has 150 valence electrons. The normalized spacial score (nSPS) is 12.0. The van der Waals surface area contributed by atoms with Gasteiger partial charge >= 0.3 is 5.97 Å². The lowest BCUT2D eigenvalue weighted by Gasteiger charge is -2.21. The molecule has 2 aromatic carbocycles. The average Bonchev–Trinajstić information content (AvgIpc) is 2.70. The lowest BCUT2D eigenvalue weighted by molar-refractivity contribution is -0.120. The molecule has 0 saturated heterocycles. The molecule has 0 saturated carbocycles. The van der Waals surface area contributed by atoms with Crippen LogP contribution < -0.4 is 10.9 Å². The quantitative estimate of drug-likeness (QED) is 0.645. The zero-order valence-corrected chi connectivity index (χ0v) is 16.5. The first-order valence-electron chi connectivity index (χ1n) is 9.34. The minimum Gasteiger partial charge on any atom is -0.462 e. The monoisotopic (exact) mass is 394 g/mol. The van der Waals surface area contributed by atoms with Gasteiger partial charge in [-0.05, 0) is 43.2 Å². The Labute approximate surface area is 167 Å². The van der Waals surface area contributed by atoms with Crippen LogP contribution in [0.5, 0.6) is 0 Å². The van der Waals surface area contributed by atoms with Crippen molar-refractivity contribution in [2.24, 2.45) is 5.92 Å². The molecule has 0 aliphatic carbocycles. The zero-order chi connectivity index (χ0) is 21.0. The summed E-state index contributed by atoms with van der Waals surface area (Å²) in [5, 5.41) is 11.2. The van der Waals surface area contributed by atoms with Crippen LogP contribution in [-0.4, -0.2) is 33.5 Å². The summed E-state index contributed by atoms with van der Waals surface area (Å²) < 4.78 is 6.09. The van der Waals surface area contributed by atoms with Gasteiger partial charge in [0.2, 0.25) is 5.91 Å². The van der Waals surface area contributed by atoms with Crippen molar-refractivity contribution < 1.29 is 14.3 Å². The van der Waals surface area contributed by atoms with Gasteiger partial charge in [-0.1, -0.05) is 37.3 Å². The molecule has 8 heteroatoms. The van der Waals surface area contributed by atoms with E-state index in [0.717, 1.165) is 4.68 Å². The van der Waals surface area contributed by atoms with Crippen LogP contribution in [-0.2, 0) is 9.53 Å². The third kappa shape index (κ3) is 4.31. The van der Waals surface area contributed by atoms with E-state index in [1.54, 1.807) is 49.4 Å². The smallest absolute Gasteiger partial charge is 0.338 e. The number of aromatic nitrogens is 3. The van der Waals surface area contributed by atoms with Crippen LogP contribution in [0.2, 0.25) is 0 Å². The summed E-state index contributed by atoms with van der Waals surface area (Å²) in [5.74, 6) is -1.12. The van der Waals surface area contributed by atoms with Gasteiger partial charge in [-0.3, -0.25) is 9.59 Å². The first kappa shape index (κ1) is 20.2. The van der Waals surface area contributed by atoms with Crippen molar-refractivity contribution in [1.29, 1.82) is 0 Å². The maximum Gasteiger partial charge on any atom is 0.338 e. The third-order valence-electron chi connectivity index (χ3n) is 4.40. The summed E-state index contributed by atoms with van der Waals surface area (Å²) in [6.07, 6.45) is 0. The summed E-state index contributed by atoms with van der Waals surface area (Å²) in [6.45, 7) is 5.62. The van der Waals surface area contributed by atoms with Gasteiger partial charge in [0, 0.05) is 5.69 Å². The number of nitrogens with one attached hydrogen (secondary N) is 1. The van der Waals surface area contributed by atoms with Gasteiger partial charge in [-0.15, -0.1) is 5.10 Å². The Hall–Kier alpha value is -3.55. The fourth-order valence-electron chi connectivity index (χ4n) is 3.03. The topological polar surface area (TPSA) is 103 Å². The average molecular weight is 394 g/mol. The molecule has 1 atom stereocenters. The van der Waals surface area contributed by atoms with Crippen molar-refractivity contribution in [3.8, 4) is 0 Å². The number of anilines is 1. The summed E-state index contributed by atoms with van der Waals surface area (Å²) in [4.78, 5) is 37.8. The Morgan fingerprint density at radius 2 is 1.90 bits per heavy atom. The molecule has 0 spiro atoms. The molecule has 1 aromatic heterocycles. The molecular formula is C21H22N4O4. The molecule has 3 aromatic rings. The fraction of sp³-hybridized carbons (Fsp3) is 0.286. The molecule has 8 nitrogen and oxygen atoms in total. The number of carbonyl (C=O) groups is 2. The van der Waals surface area contributed by atoms with Crippen LogP contribution in [0.25, 0.3) is 10.9 Å². The molecule has 0 fully saturated rings. The summed E-state index contributed by atoms with van der Waals surface area (Å²) in [5.41, 5.74) is 0.838. The molecular weight excluding hydrogens is 372 g/mol. The first-order valence-corrected chi connectivity index (χ1v) is 9.34. The number of carbonyl (C=O) groups excluding carboxylic acids is 2. The highest BCUT2D eigenvalue weighted by Gasteiger charge is 2.27. The second kappa shape index (κ2) is 8.64. The van der Waals surface area contributed by atoms with E-state index in [9.17, 15) is 14.4 Å². The minimum atomic E-state index is -0.870. The molecule has 1 N–H and O–H groups in total. The second-order valence-corrected chi connectivity index (χ2v) is 6.84. The highest BCUT2D eigenvalue weighted by molar-refractivity contribution is 5.96. The third-order valence-corrected chi connectivity index (χ3v) is 4.40. The molecule has 1 unspecified atom stereocenters.